The molecule has 64 valence electrons. The van der Waals surface area contributed by atoms with Crippen molar-refractivity contribution in [3.05, 3.63) is 29.3 Å². The van der Waals surface area contributed by atoms with Crippen LogP contribution in [-0.2, 0) is 0 Å². The molecule has 1 aromatic rings. The van der Waals surface area contributed by atoms with E-state index >= 15 is 0 Å². The van der Waals surface area contributed by atoms with E-state index < -0.39 is 0 Å². The lowest BCUT2D eigenvalue weighted by Crippen LogP contribution is -1.98. The molecular weight excluding hydrogens is 148 g/mol. The summed E-state index contributed by atoms with van der Waals surface area (Å²) in [4.78, 5) is 0. The van der Waals surface area contributed by atoms with Crippen LogP contribution in [0.2, 0.25) is 0 Å². The zero-order valence-corrected chi connectivity index (χ0v) is 7.63. The molecule has 0 unspecified atom stereocenters. The summed E-state index contributed by atoms with van der Waals surface area (Å²) >= 11 is 0. The summed E-state index contributed by atoms with van der Waals surface area (Å²) in [6, 6.07) is 6.23. The van der Waals surface area contributed by atoms with Gasteiger partial charge in [0.25, 0.3) is 0 Å². The van der Waals surface area contributed by atoms with E-state index in [1.165, 1.54) is 24.0 Å². The molecule has 1 saturated carbocycles. The van der Waals surface area contributed by atoms with Crippen molar-refractivity contribution in [1.82, 2.24) is 0 Å². The average Bonchev–Trinajstić information content (AvgIpc) is 2.83. The second-order valence-corrected chi connectivity index (χ2v) is 3.52. The van der Waals surface area contributed by atoms with E-state index in [-0.39, 0.29) is 0 Å². The summed E-state index contributed by atoms with van der Waals surface area (Å²) in [5.74, 6) is 1.07. The maximum absolute atomic E-state index is 5.74. The minimum atomic E-state index is 0.505. The summed E-state index contributed by atoms with van der Waals surface area (Å²) in [6.07, 6.45) is 2.96. The van der Waals surface area contributed by atoms with Gasteiger partial charge in [0, 0.05) is 0 Å². The number of benzene rings is 1. The smallest absolute Gasteiger partial charge is 0.122 e. The third-order valence-corrected chi connectivity index (χ3v) is 2.37. The Kier molecular flexibility index (Phi) is 1.80. The van der Waals surface area contributed by atoms with E-state index in [1.807, 2.05) is 0 Å². The number of aryl methyl sites for hydroxylation is 1. The Morgan fingerprint density at radius 1 is 1.25 bits per heavy atom. The second-order valence-electron chi connectivity index (χ2n) is 3.52. The molecule has 1 heteroatoms. The highest BCUT2D eigenvalue weighted by Crippen LogP contribution is 2.29. The van der Waals surface area contributed by atoms with Crippen LogP contribution in [0.1, 0.15) is 24.0 Å². The topological polar surface area (TPSA) is 9.23 Å². The number of ether oxygens (including phenoxy) is 1. The van der Waals surface area contributed by atoms with Gasteiger partial charge >= 0.3 is 0 Å². The predicted molar refractivity (Wildman–Crippen MR) is 49.6 cm³/mol. The predicted octanol–water partition coefficient (Wildman–Crippen LogP) is 2.84. The molecule has 0 spiro atoms. The van der Waals surface area contributed by atoms with Gasteiger partial charge in [0.15, 0.2) is 0 Å². The normalized spacial score (nSPS) is 16.2. The largest absolute Gasteiger partial charge is 0.490 e. The van der Waals surface area contributed by atoms with E-state index in [2.05, 4.69) is 32.0 Å². The van der Waals surface area contributed by atoms with Crippen molar-refractivity contribution in [3.8, 4) is 5.75 Å². The first-order valence-corrected chi connectivity index (χ1v) is 4.50. The Hall–Kier alpha value is -0.980. The van der Waals surface area contributed by atoms with Gasteiger partial charge in [-0.05, 0) is 43.9 Å². The molecule has 0 radical (unpaired) electrons. The van der Waals surface area contributed by atoms with Crippen molar-refractivity contribution in [3.63, 3.8) is 0 Å². The van der Waals surface area contributed by atoms with Crippen LogP contribution in [0, 0.1) is 13.8 Å². The summed E-state index contributed by atoms with van der Waals surface area (Å²) in [7, 11) is 0. The fraction of sp³-hybridized carbons (Fsp3) is 0.455. The molecule has 1 aromatic carbocycles. The minimum absolute atomic E-state index is 0.505. The van der Waals surface area contributed by atoms with Gasteiger partial charge in [0.1, 0.15) is 5.75 Å². The van der Waals surface area contributed by atoms with Crippen LogP contribution in [0.5, 0.6) is 5.75 Å². The van der Waals surface area contributed by atoms with Crippen LogP contribution in [0.15, 0.2) is 18.2 Å². The van der Waals surface area contributed by atoms with Crippen molar-refractivity contribution in [2.75, 3.05) is 0 Å². The third kappa shape index (κ3) is 1.45. The molecule has 12 heavy (non-hydrogen) atoms. The Bertz CT molecular complexity index is 287. The first-order valence-electron chi connectivity index (χ1n) is 4.50. The standard InChI is InChI=1S/C11H14O/c1-8-4-3-5-11(9(8)2)12-10-6-7-10/h3-5,10H,6-7H2,1-2H3. The molecule has 0 bridgehead atoms. The second kappa shape index (κ2) is 2.81. The van der Waals surface area contributed by atoms with Crippen LogP contribution in [0.4, 0.5) is 0 Å². The maximum Gasteiger partial charge on any atom is 0.122 e. The van der Waals surface area contributed by atoms with Gasteiger partial charge in [0.2, 0.25) is 0 Å². The summed E-state index contributed by atoms with van der Waals surface area (Å²) in [6.45, 7) is 4.24. The minimum Gasteiger partial charge on any atom is -0.490 e. The Morgan fingerprint density at radius 2 is 2.00 bits per heavy atom. The van der Waals surface area contributed by atoms with E-state index in [1.54, 1.807) is 0 Å². The summed E-state index contributed by atoms with van der Waals surface area (Å²) in [5, 5.41) is 0. The highest BCUT2D eigenvalue weighted by molar-refractivity contribution is 5.38. The fourth-order valence-electron chi connectivity index (χ4n) is 1.22. The van der Waals surface area contributed by atoms with E-state index in [0.29, 0.717) is 6.10 Å². The van der Waals surface area contributed by atoms with E-state index in [4.69, 9.17) is 4.74 Å². The van der Waals surface area contributed by atoms with Gasteiger partial charge < -0.3 is 4.74 Å². The Labute approximate surface area is 73.4 Å². The average molecular weight is 162 g/mol. The van der Waals surface area contributed by atoms with Gasteiger partial charge in [-0.25, -0.2) is 0 Å². The molecule has 2 rings (SSSR count). The molecule has 1 aliphatic carbocycles. The van der Waals surface area contributed by atoms with E-state index in [9.17, 15) is 0 Å². The first kappa shape index (κ1) is 7.66. The zero-order chi connectivity index (χ0) is 8.55. The molecule has 0 saturated heterocycles. The molecule has 1 nitrogen and oxygen atoms in total. The maximum atomic E-state index is 5.74. The van der Waals surface area contributed by atoms with Crippen LogP contribution >= 0.6 is 0 Å². The number of rotatable bonds is 2. The lowest BCUT2D eigenvalue weighted by Gasteiger charge is -2.09. The first-order chi connectivity index (χ1) is 5.77. The molecule has 0 N–H and O–H groups in total. The van der Waals surface area contributed by atoms with Crippen LogP contribution in [-0.4, -0.2) is 6.10 Å². The molecule has 1 fully saturated rings. The van der Waals surface area contributed by atoms with Crippen LogP contribution in [0.3, 0.4) is 0 Å². The van der Waals surface area contributed by atoms with Crippen LogP contribution < -0.4 is 4.74 Å². The zero-order valence-electron chi connectivity index (χ0n) is 7.63. The van der Waals surface area contributed by atoms with Gasteiger partial charge in [-0.1, -0.05) is 12.1 Å². The van der Waals surface area contributed by atoms with Crippen molar-refractivity contribution < 1.29 is 4.74 Å². The van der Waals surface area contributed by atoms with Gasteiger partial charge in [0.05, 0.1) is 6.10 Å². The van der Waals surface area contributed by atoms with Crippen molar-refractivity contribution in [2.45, 2.75) is 32.8 Å². The molecular formula is C11H14O. The van der Waals surface area contributed by atoms with Crippen molar-refractivity contribution >= 4 is 0 Å². The molecule has 0 aliphatic heterocycles. The molecule has 0 aromatic heterocycles. The Morgan fingerprint density at radius 3 is 2.67 bits per heavy atom. The SMILES string of the molecule is Cc1cccc(OC2CC2)c1C. The quantitative estimate of drug-likeness (QED) is 0.649. The number of hydrogen-bond donors (Lipinski definition) is 0. The summed E-state index contributed by atoms with van der Waals surface area (Å²) < 4.78 is 5.74. The van der Waals surface area contributed by atoms with Gasteiger partial charge in [-0.2, -0.15) is 0 Å². The monoisotopic (exact) mass is 162 g/mol. The van der Waals surface area contributed by atoms with Crippen molar-refractivity contribution in [2.24, 2.45) is 0 Å². The molecule has 0 amide bonds. The molecule has 0 heterocycles. The Balaban J connectivity index is 2.23. The number of hydrogen-bond acceptors (Lipinski definition) is 1. The van der Waals surface area contributed by atoms with E-state index in [0.717, 1.165) is 5.75 Å². The van der Waals surface area contributed by atoms with Gasteiger partial charge in [-0.15, -0.1) is 0 Å². The van der Waals surface area contributed by atoms with Crippen molar-refractivity contribution in [1.29, 1.82) is 0 Å². The molecule has 1 aliphatic rings. The summed E-state index contributed by atoms with van der Waals surface area (Å²) in [5.41, 5.74) is 2.59. The third-order valence-electron chi connectivity index (χ3n) is 2.37. The fourth-order valence-corrected chi connectivity index (χ4v) is 1.22. The highest BCUT2D eigenvalue weighted by atomic mass is 16.5. The van der Waals surface area contributed by atoms with Gasteiger partial charge in [-0.3, -0.25) is 0 Å². The molecule has 0 atom stereocenters. The lowest BCUT2D eigenvalue weighted by atomic mass is 10.1. The highest BCUT2D eigenvalue weighted by Gasteiger charge is 2.24. The lowest BCUT2D eigenvalue weighted by molar-refractivity contribution is 0.301. The van der Waals surface area contributed by atoms with Crippen LogP contribution in [0.25, 0.3) is 0 Å².